The minimum Gasteiger partial charge on any atom is -0.325 e. The highest BCUT2D eigenvalue weighted by molar-refractivity contribution is 6.16. The summed E-state index contributed by atoms with van der Waals surface area (Å²) in [4.78, 5) is 32.1. The molecule has 0 aromatic heterocycles. The lowest BCUT2D eigenvalue weighted by atomic mass is 9.72. The zero-order valence-corrected chi connectivity index (χ0v) is 17.4. The van der Waals surface area contributed by atoms with Crippen LogP contribution < -0.4 is 9.80 Å². The number of carbonyl (C=O) groups excluding carboxylic acids is 2. The molecule has 5 nitrogen and oxygen atoms in total. The summed E-state index contributed by atoms with van der Waals surface area (Å²) in [5.41, 5.74) is 1.24. The van der Waals surface area contributed by atoms with Crippen LogP contribution in [-0.2, 0) is 16.0 Å². The second-order valence-corrected chi connectivity index (χ2v) is 9.22. The summed E-state index contributed by atoms with van der Waals surface area (Å²) >= 11 is 0. The molecule has 0 atom stereocenters. The number of carbonyl (C=O) groups is 2. The van der Waals surface area contributed by atoms with Crippen LogP contribution in [0.15, 0.2) is 35.3 Å². The van der Waals surface area contributed by atoms with Gasteiger partial charge in [-0.2, -0.15) is 0 Å². The normalized spacial score (nSPS) is 26.1. The van der Waals surface area contributed by atoms with Gasteiger partial charge in [0.1, 0.15) is 43.7 Å². The molecule has 1 aliphatic carbocycles. The fourth-order valence-electron chi connectivity index (χ4n) is 4.40. The van der Waals surface area contributed by atoms with E-state index in [9.17, 15) is 9.59 Å². The molecule has 5 heteroatoms. The highest BCUT2D eigenvalue weighted by Gasteiger charge is 2.38. The minimum absolute atomic E-state index is 0.0352. The van der Waals surface area contributed by atoms with Crippen LogP contribution in [0, 0.1) is 11.3 Å². The summed E-state index contributed by atoms with van der Waals surface area (Å²) in [6.07, 6.45) is 3.74. The Morgan fingerprint density at radius 1 is 0.964 bits per heavy atom. The van der Waals surface area contributed by atoms with Crippen molar-refractivity contribution in [3.63, 3.8) is 0 Å². The first kappa shape index (κ1) is 20.9. The molecule has 1 aromatic carbocycles. The van der Waals surface area contributed by atoms with Crippen molar-refractivity contribution in [2.45, 2.75) is 33.1 Å². The van der Waals surface area contributed by atoms with Crippen LogP contribution in [0.4, 0.5) is 0 Å². The standard InChI is InChI=1S/C23H33N3O2/c1-23(2)16-21(27)20(22(28)17-23)18-24-9-11-26-14-12-25(13-15-26)10-8-19-6-4-3-5-7-19/h3-7,18,20H,8-17H2,1-2H3/p+2. The maximum absolute atomic E-state index is 12.2. The Hall–Kier alpha value is -1.85. The topological polar surface area (TPSA) is 55.4 Å². The molecule has 2 fully saturated rings. The fraction of sp³-hybridized carbons (Fsp3) is 0.609. The van der Waals surface area contributed by atoms with Crippen molar-refractivity contribution in [2.24, 2.45) is 16.3 Å². The number of Topliss-reactive ketones (excluding diaryl/α,β-unsaturated/α-hetero) is 2. The maximum atomic E-state index is 12.2. The lowest BCUT2D eigenvalue weighted by Gasteiger charge is -2.30. The quantitative estimate of drug-likeness (QED) is 0.498. The number of benzene rings is 1. The first-order valence-electron chi connectivity index (χ1n) is 10.7. The van der Waals surface area contributed by atoms with E-state index in [1.54, 1.807) is 16.0 Å². The van der Waals surface area contributed by atoms with Gasteiger partial charge in [-0.05, 0) is 11.0 Å². The molecule has 1 saturated heterocycles. The number of nitrogens with one attached hydrogen (secondary N) is 2. The summed E-state index contributed by atoms with van der Waals surface area (Å²) < 4.78 is 0. The van der Waals surface area contributed by atoms with Crippen molar-refractivity contribution in [1.82, 2.24) is 0 Å². The van der Waals surface area contributed by atoms with Gasteiger partial charge < -0.3 is 9.80 Å². The molecule has 1 aromatic rings. The van der Waals surface area contributed by atoms with Crippen LogP contribution in [0.2, 0.25) is 0 Å². The largest absolute Gasteiger partial charge is 0.325 e. The third kappa shape index (κ3) is 6.08. The predicted molar refractivity (Wildman–Crippen MR) is 111 cm³/mol. The van der Waals surface area contributed by atoms with Crippen LogP contribution in [0.1, 0.15) is 32.3 Å². The number of quaternary nitrogens is 2. The van der Waals surface area contributed by atoms with Gasteiger partial charge in [0.15, 0.2) is 0 Å². The van der Waals surface area contributed by atoms with Crippen molar-refractivity contribution in [3.05, 3.63) is 35.9 Å². The smallest absolute Gasteiger partial charge is 0.149 e. The average Bonchev–Trinajstić information content (AvgIpc) is 2.66. The number of ketones is 2. The van der Waals surface area contributed by atoms with Crippen LogP contribution in [0.3, 0.4) is 0 Å². The molecule has 0 bridgehead atoms. The van der Waals surface area contributed by atoms with Gasteiger partial charge in [-0.1, -0.05) is 44.2 Å². The van der Waals surface area contributed by atoms with E-state index in [0.717, 1.165) is 13.0 Å². The second kappa shape index (κ2) is 9.57. The molecular formula is C23H35N3O2+2. The zero-order valence-electron chi connectivity index (χ0n) is 17.4. The van der Waals surface area contributed by atoms with E-state index in [1.165, 1.54) is 38.3 Å². The minimum atomic E-state index is -0.595. The van der Waals surface area contributed by atoms with Crippen molar-refractivity contribution < 1.29 is 19.4 Å². The molecule has 3 rings (SSSR count). The number of hydrogen-bond acceptors (Lipinski definition) is 3. The van der Waals surface area contributed by atoms with Crippen LogP contribution in [-0.4, -0.2) is 63.6 Å². The summed E-state index contributed by atoms with van der Waals surface area (Å²) in [6.45, 7) is 11.6. The third-order valence-electron chi connectivity index (χ3n) is 6.12. The van der Waals surface area contributed by atoms with Gasteiger partial charge in [0.25, 0.3) is 0 Å². The van der Waals surface area contributed by atoms with Crippen molar-refractivity contribution in [2.75, 3.05) is 45.8 Å². The number of piperazine rings is 1. The van der Waals surface area contributed by atoms with E-state index in [4.69, 9.17) is 0 Å². The molecule has 2 N–H and O–H groups in total. The second-order valence-electron chi connectivity index (χ2n) is 9.22. The number of nitrogens with zero attached hydrogens (tertiary/aromatic N) is 1. The van der Waals surface area contributed by atoms with Gasteiger partial charge in [-0.15, -0.1) is 0 Å². The first-order valence-corrected chi connectivity index (χ1v) is 10.7. The van der Waals surface area contributed by atoms with Crippen LogP contribution >= 0.6 is 0 Å². The highest BCUT2D eigenvalue weighted by Crippen LogP contribution is 2.33. The Labute approximate surface area is 168 Å². The van der Waals surface area contributed by atoms with Crippen LogP contribution in [0.25, 0.3) is 0 Å². The van der Waals surface area contributed by atoms with Crippen molar-refractivity contribution in [1.29, 1.82) is 0 Å². The van der Waals surface area contributed by atoms with E-state index in [1.807, 2.05) is 13.8 Å². The van der Waals surface area contributed by atoms with E-state index in [2.05, 4.69) is 35.3 Å². The van der Waals surface area contributed by atoms with Crippen molar-refractivity contribution in [3.8, 4) is 0 Å². The lowest BCUT2D eigenvalue weighted by molar-refractivity contribution is -1.01. The Bertz CT molecular complexity index is 671. The number of hydrogen-bond donors (Lipinski definition) is 2. The Kier molecular flexibility index (Phi) is 7.13. The highest BCUT2D eigenvalue weighted by atomic mass is 16.2. The number of rotatable bonds is 7. The third-order valence-corrected chi connectivity index (χ3v) is 6.12. The summed E-state index contributed by atoms with van der Waals surface area (Å²) in [6, 6.07) is 10.7. The molecule has 152 valence electrons. The van der Waals surface area contributed by atoms with E-state index < -0.39 is 5.92 Å². The van der Waals surface area contributed by atoms with Gasteiger partial charge in [0, 0.05) is 25.5 Å². The van der Waals surface area contributed by atoms with Crippen LogP contribution in [0.5, 0.6) is 0 Å². The van der Waals surface area contributed by atoms with Gasteiger partial charge in [-0.3, -0.25) is 14.6 Å². The average molecular weight is 386 g/mol. The Balaban J connectivity index is 1.34. The van der Waals surface area contributed by atoms with Gasteiger partial charge in [0.05, 0.1) is 19.6 Å². The van der Waals surface area contributed by atoms with E-state index in [-0.39, 0.29) is 17.0 Å². The number of aliphatic imine (C=N–C) groups is 1. The molecule has 28 heavy (non-hydrogen) atoms. The summed E-state index contributed by atoms with van der Waals surface area (Å²) in [5.74, 6) is -0.525. The van der Waals surface area contributed by atoms with Gasteiger partial charge >= 0.3 is 0 Å². The molecule has 0 radical (unpaired) electrons. The predicted octanol–water partition coefficient (Wildman–Crippen LogP) is -0.342. The molecule has 1 heterocycles. The van der Waals surface area contributed by atoms with Crippen molar-refractivity contribution >= 4 is 17.8 Å². The molecule has 1 aliphatic heterocycles. The zero-order chi connectivity index (χ0) is 20.0. The molecule has 0 amide bonds. The summed E-state index contributed by atoms with van der Waals surface area (Å²) in [5, 5.41) is 0. The maximum Gasteiger partial charge on any atom is 0.149 e. The monoisotopic (exact) mass is 385 g/mol. The molecule has 2 aliphatic rings. The van der Waals surface area contributed by atoms with Gasteiger partial charge in [0.2, 0.25) is 0 Å². The Morgan fingerprint density at radius 2 is 1.54 bits per heavy atom. The SMILES string of the molecule is CC1(C)CC(=O)C(C=NCC[NH+]2CC[NH+](CCc3ccccc3)CC2)C(=O)C1. The summed E-state index contributed by atoms with van der Waals surface area (Å²) in [7, 11) is 0. The van der Waals surface area contributed by atoms with E-state index >= 15 is 0 Å². The fourth-order valence-corrected chi connectivity index (χ4v) is 4.40. The van der Waals surface area contributed by atoms with E-state index in [0.29, 0.717) is 19.4 Å². The first-order chi connectivity index (χ1) is 13.4. The van der Waals surface area contributed by atoms with Gasteiger partial charge in [-0.25, -0.2) is 0 Å². The Morgan fingerprint density at radius 3 is 2.14 bits per heavy atom. The molecule has 1 saturated carbocycles. The molecular weight excluding hydrogens is 350 g/mol. The molecule has 0 unspecified atom stereocenters. The molecule has 0 spiro atoms. The lowest BCUT2D eigenvalue weighted by Crippen LogP contribution is -3.28.